The van der Waals surface area contributed by atoms with Crippen molar-refractivity contribution < 1.29 is 14.3 Å². The highest BCUT2D eigenvalue weighted by Crippen LogP contribution is 2.40. The summed E-state index contributed by atoms with van der Waals surface area (Å²) in [5.41, 5.74) is 3.30. The van der Waals surface area contributed by atoms with Crippen LogP contribution in [0.25, 0.3) is 11.6 Å². The number of anilines is 1. The summed E-state index contributed by atoms with van der Waals surface area (Å²) in [7, 11) is 1.56. The highest BCUT2D eigenvalue weighted by molar-refractivity contribution is 6.36. The van der Waals surface area contributed by atoms with Gasteiger partial charge in [-0.1, -0.05) is 49.4 Å². The van der Waals surface area contributed by atoms with Gasteiger partial charge in [-0.15, -0.1) is 0 Å². The molecular weight excluding hydrogens is 362 g/mol. The van der Waals surface area contributed by atoms with Crippen molar-refractivity contribution in [1.29, 1.82) is 0 Å². The van der Waals surface area contributed by atoms with E-state index < -0.39 is 0 Å². The van der Waals surface area contributed by atoms with Crippen LogP contribution in [-0.2, 0) is 4.79 Å². The fourth-order valence-corrected chi connectivity index (χ4v) is 3.44. The van der Waals surface area contributed by atoms with E-state index >= 15 is 0 Å². The monoisotopic (exact) mass is 383 g/mol. The number of hydrogen-bond donors (Lipinski definition) is 0. The summed E-state index contributed by atoms with van der Waals surface area (Å²) >= 11 is 6.39. The molecule has 0 atom stereocenters. The third-order valence-electron chi connectivity index (χ3n) is 4.32. The number of methoxy groups -OCH3 is 1. The Kier molecular flexibility index (Phi) is 5.87. The lowest BCUT2D eigenvalue weighted by Gasteiger charge is -2.15. The molecule has 0 spiro atoms. The minimum Gasteiger partial charge on any atom is -0.493 e. The smallest absolute Gasteiger partial charge is 0.258 e. The third-order valence-corrected chi connectivity index (χ3v) is 4.60. The molecular formula is C22H22ClNO3. The number of benzene rings is 2. The molecule has 1 aliphatic rings. The van der Waals surface area contributed by atoms with E-state index in [0.717, 1.165) is 23.2 Å². The van der Waals surface area contributed by atoms with Crippen molar-refractivity contribution in [3.63, 3.8) is 0 Å². The Hall–Kier alpha value is -2.72. The first kappa shape index (κ1) is 19.1. The lowest BCUT2D eigenvalue weighted by atomic mass is 10.0. The highest BCUT2D eigenvalue weighted by Gasteiger charge is 2.31. The number of nitrogens with zero attached hydrogens (tertiary/aromatic N) is 1. The molecule has 0 aliphatic carbocycles. The van der Waals surface area contributed by atoms with Crippen molar-refractivity contribution in [2.45, 2.75) is 13.3 Å². The minimum absolute atomic E-state index is 0.000114. The Bertz CT molecular complexity index is 904. The maximum absolute atomic E-state index is 13.0. The summed E-state index contributed by atoms with van der Waals surface area (Å²) in [4.78, 5) is 14.8. The maximum Gasteiger partial charge on any atom is 0.258 e. The fourth-order valence-electron chi connectivity index (χ4n) is 3.16. The second kappa shape index (κ2) is 8.31. The first-order chi connectivity index (χ1) is 13.1. The standard InChI is InChI=1S/C22H22ClNO3/c1-4-10-24-19-9-7-6-8-16(19)17(22(24)25)12-15-13-18(23)21(27-11-5-2)20(14-15)26-3/h5-9,12-14H,2,4,10-11H2,1,3H3/b17-12-. The second-order valence-corrected chi connectivity index (χ2v) is 6.57. The van der Waals surface area contributed by atoms with Crippen LogP contribution in [0.5, 0.6) is 11.5 Å². The molecule has 4 nitrogen and oxygen atoms in total. The number of hydrogen-bond acceptors (Lipinski definition) is 3. The molecule has 0 bridgehead atoms. The molecule has 0 saturated carbocycles. The molecule has 0 N–H and O–H groups in total. The van der Waals surface area contributed by atoms with E-state index in [1.54, 1.807) is 19.3 Å². The molecule has 2 aromatic carbocycles. The van der Waals surface area contributed by atoms with Gasteiger partial charge in [0.05, 0.1) is 17.8 Å². The van der Waals surface area contributed by atoms with Gasteiger partial charge in [-0.05, 0) is 36.3 Å². The van der Waals surface area contributed by atoms with Crippen molar-refractivity contribution in [2.75, 3.05) is 25.2 Å². The minimum atomic E-state index is 0.000114. The van der Waals surface area contributed by atoms with E-state index in [1.807, 2.05) is 41.3 Å². The first-order valence-electron chi connectivity index (χ1n) is 8.84. The zero-order valence-electron chi connectivity index (χ0n) is 15.5. The van der Waals surface area contributed by atoms with Gasteiger partial charge in [0.1, 0.15) is 6.61 Å². The molecule has 2 aromatic rings. The zero-order chi connectivity index (χ0) is 19.4. The molecule has 140 valence electrons. The molecule has 0 radical (unpaired) electrons. The summed E-state index contributed by atoms with van der Waals surface area (Å²) < 4.78 is 11.0. The molecule has 0 fully saturated rings. The SMILES string of the molecule is C=CCOc1c(Cl)cc(/C=C2\C(=O)N(CCC)c3ccccc32)cc1OC. The van der Waals surface area contributed by atoms with Gasteiger partial charge >= 0.3 is 0 Å². The van der Waals surface area contributed by atoms with Gasteiger partial charge in [-0.2, -0.15) is 0 Å². The van der Waals surface area contributed by atoms with Crippen molar-refractivity contribution in [2.24, 2.45) is 0 Å². The summed E-state index contributed by atoms with van der Waals surface area (Å²) in [6.45, 7) is 6.71. The molecule has 1 amide bonds. The Balaban J connectivity index is 2.05. The Morgan fingerprint density at radius 2 is 2.04 bits per heavy atom. The van der Waals surface area contributed by atoms with Gasteiger partial charge in [0.2, 0.25) is 0 Å². The van der Waals surface area contributed by atoms with Gasteiger partial charge in [0.25, 0.3) is 5.91 Å². The van der Waals surface area contributed by atoms with E-state index in [0.29, 0.717) is 35.2 Å². The molecule has 27 heavy (non-hydrogen) atoms. The normalized spacial score (nSPS) is 14.4. The number of ether oxygens (including phenoxy) is 2. The summed E-state index contributed by atoms with van der Waals surface area (Å²) in [5.74, 6) is 0.979. The second-order valence-electron chi connectivity index (χ2n) is 6.17. The van der Waals surface area contributed by atoms with E-state index in [4.69, 9.17) is 21.1 Å². The average Bonchev–Trinajstić information content (AvgIpc) is 2.93. The zero-order valence-corrected chi connectivity index (χ0v) is 16.3. The van der Waals surface area contributed by atoms with E-state index in [9.17, 15) is 4.79 Å². The molecule has 0 saturated heterocycles. The van der Waals surface area contributed by atoms with Crippen LogP contribution in [0.2, 0.25) is 5.02 Å². The average molecular weight is 384 g/mol. The molecule has 1 heterocycles. The van der Waals surface area contributed by atoms with E-state index in [1.165, 1.54) is 0 Å². The Labute approximate surface area is 164 Å². The van der Waals surface area contributed by atoms with Crippen LogP contribution in [0.3, 0.4) is 0 Å². The maximum atomic E-state index is 13.0. The molecule has 3 rings (SSSR count). The summed E-state index contributed by atoms with van der Waals surface area (Å²) in [6.07, 6.45) is 4.38. The van der Waals surface area contributed by atoms with Crippen LogP contribution in [0.1, 0.15) is 24.5 Å². The van der Waals surface area contributed by atoms with Crippen LogP contribution < -0.4 is 14.4 Å². The molecule has 1 aliphatic heterocycles. The predicted molar refractivity (Wildman–Crippen MR) is 111 cm³/mol. The van der Waals surface area contributed by atoms with Crippen LogP contribution in [0, 0.1) is 0 Å². The Morgan fingerprint density at radius 1 is 1.26 bits per heavy atom. The highest BCUT2D eigenvalue weighted by atomic mass is 35.5. The predicted octanol–water partition coefficient (Wildman–Crippen LogP) is 5.21. The number of amides is 1. The van der Waals surface area contributed by atoms with Gasteiger partial charge in [0.15, 0.2) is 11.5 Å². The Morgan fingerprint density at radius 3 is 2.74 bits per heavy atom. The van der Waals surface area contributed by atoms with Crippen molar-refractivity contribution in [3.05, 3.63) is 65.2 Å². The number of rotatable bonds is 7. The first-order valence-corrected chi connectivity index (χ1v) is 9.22. The summed E-state index contributed by atoms with van der Waals surface area (Å²) in [5, 5.41) is 0.423. The third kappa shape index (κ3) is 3.71. The molecule has 5 heteroatoms. The van der Waals surface area contributed by atoms with Crippen LogP contribution in [0.4, 0.5) is 5.69 Å². The van der Waals surface area contributed by atoms with Crippen molar-refractivity contribution in [3.8, 4) is 11.5 Å². The fraction of sp³-hybridized carbons (Fsp3) is 0.227. The number of carbonyl (C=O) groups excluding carboxylic acids is 1. The number of carbonyl (C=O) groups is 1. The van der Waals surface area contributed by atoms with Crippen LogP contribution in [-0.4, -0.2) is 26.2 Å². The van der Waals surface area contributed by atoms with Crippen LogP contribution >= 0.6 is 11.6 Å². The molecule has 0 unspecified atom stereocenters. The summed E-state index contributed by atoms with van der Waals surface area (Å²) in [6, 6.07) is 11.4. The largest absolute Gasteiger partial charge is 0.493 e. The lowest BCUT2D eigenvalue weighted by Crippen LogP contribution is -2.26. The van der Waals surface area contributed by atoms with Gasteiger partial charge in [0, 0.05) is 17.7 Å². The van der Waals surface area contributed by atoms with Crippen LogP contribution in [0.15, 0.2) is 49.1 Å². The van der Waals surface area contributed by atoms with E-state index in [2.05, 4.69) is 13.5 Å². The number of halogens is 1. The van der Waals surface area contributed by atoms with E-state index in [-0.39, 0.29) is 5.91 Å². The van der Waals surface area contributed by atoms with Crippen molar-refractivity contribution >= 4 is 34.8 Å². The van der Waals surface area contributed by atoms with Crippen molar-refractivity contribution in [1.82, 2.24) is 0 Å². The lowest BCUT2D eigenvalue weighted by molar-refractivity contribution is -0.113. The van der Waals surface area contributed by atoms with Gasteiger partial charge < -0.3 is 14.4 Å². The number of para-hydroxylation sites is 1. The van der Waals surface area contributed by atoms with Gasteiger partial charge in [-0.25, -0.2) is 0 Å². The quantitative estimate of drug-likeness (QED) is 0.486. The number of fused-ring (bicyclic) bond motifs is 1. The molecule has 0 aromatic heterocycles. The van der Waals surface area contributed by atoms with Gasteiger partial charge in [-0.3, -0.25) is 4.79 Å². The topological polar surface area (TPSA) is 38.8 Å².